The molecule has 0 aliphatic heterocycles. The number of nitrogens with one attached hydrogen (secondary N) is 1. The van der Waals surface area contributed by atoms with Gasteiger partial charge in [0.15, 0.2) is 0 Å². The van der Waals surface area contributed by atoms with Crippen molar-refractivity contribution in [2.45, 2.75) is 65.5 Å². The molecule has 3 heteroatoms. The zero-order valence-electron chi connectivity index (χ0n) is 13.9. The van der Waals surface area contributed by atoms with E-state index in [1.807, 2.05) is 6.20 Å². The maximum atomic E-state index is 4.41. The van der Waals surface area contributed by atoms with Crippen LogP contribution in [0.5, 0.6) is 0 Å². The smallest absolute Gasteiger partial charge is 0.126 e. The molecular formula is C18H31N3. The van der Waals surface area contributed by atoms with Gasteiger partial charge >= 0.3 is 0 Å². The molecule has 0 bridgehead atoms. The lowest BCUT2D eigenvalue weighted by atomic mass is 10.1. The second-order valence-corrected chi connectivity index (χ2v) is 6.74. The summed E-state index contributed by atoms with van der Waals surface area (Å²) < 4.78 is 0. The Morgan fingerprint density at radius 3 is 2.76 bits per heavy atom. The van der Waals surface area contributed by atoms with Gasteiger partial charge in [0, 0.05) is 31.9 Å². The van der Waals surface area contributed by atoms with Crippen LogP contribution in [0.1, 0.15) is 58.4 Å². The molecule has 3 nitrogen and oxygen atoms in total. The van der Waals surface area contributed by atoms with Crippen LogP contribution < -0.4 is 5.32 Å². The summed E-state index contributed by atoms with van der Waals surface area (Å²) in [6.07, 6.45) is 8.62. The van der Waals surface area contributed by atoms with E-state index in [0.29, 0.717) is 0 Å². The number of pyridine rings is 1. The Morgan fingerprint density at radius 1 is 1.33 bits per heavy atom. The van der Waals surface area contributed by atoms with Crippen LogP contribution in [-0.4, -0.2) is 29.0 Å². The lowest BCUT2D eigenvalue weighted by Crippen LogP contribution is -2.35. The van der Waals surface area contributed by atoms with Crippen LogP contribution in [0, 0.1) is 5.92 Å². The molecule has 1 aromatic rings. The quantitative estimate of drug-likeness (QED) is 0.773. The molecule has 0 aromatic carbocycles. The van der Waals surface area contributed by atoms with Crippen molar-refractivity contribution < 1.29 is 0 Å². The second-order valence-electron chi connectivity index (χ2n) is 6.74. The van der Waals surface area contributed by atoms with E-state index in [1.165, 1.54) is 37.8 Å². The van der Waals surface area contributed by atoms with Crippen LogP contribution >= 0.6 is 0 Å². The van der Waals surface area contributed by atoms with Crippen molar-refractivity contribution in [1.82, 2.24) is 9.88 Å². The summed E-state index contributed by atoms with van der Waals surface area (Å²) in [6, 6.07) is 5.17. The van der Waals surface area contributed by atoms with Crippen LogP contribution in [0.15, 0.2) is 18.3 Å². The molecule has 1 aliphatic carbocycles. The fraction of sp³-hybridized carbons (Fsp3) is 0.722. The third-order valence-electron chi connectivity index (χ3n) is 4.21. The average Bonchev–Trinajstić information content (AvgIpc) is 2.98. The fourth-order valence-electron chi connectivity index (χ4n) is 3.24. The highest BCUT2D eigenvalue weighted by molar-refractivity contribution is 5.37. The van der Waals surface area contributed by atoms with Gasteiger partial charge in [-0.15, -0.1) is 0 Å². The molecule has 0 amide bonds. The maximum absolute atomic E-state index is 4.41. The van der Waals surface area contributed by atoms with Crippen LogP contribution in [0.3, 0.4) is 0 Å². The molecule has 1 fully saturated rings. The number of anilines is 1. The zero-order chi connectivity index (χ0) is 15.1. The summed E-state index contributed by atoms with van der Waals surface area (Å²) >= 11 is 0. The first-order valence-electron chi connectivity index (χ1n) is 8.62. The Kier molecular flexibility index (Phi) is 6.50. The van der Waals surface area contributed by atoms with Crippen LogP contribution in [-0.2, 0) is 6.54 Å². The Morgan fingerprint density at radius 2 is 2.10 bits per heavy atom. The molecule has 1 aromatic heterocycles. The van der Waals surface area contributed by atoms with Crippen molar-refractivity contribution in [3.05, 3.63) is 23.9 Å². The maximum Gasteiger partial charge on any atom is 0.126 e. The lowest BCUT2D eigenvalue weighted by Gasteiger charge is -2.30. The SMILES string of the molecule is CCCNc1cc(CN(CC(C)C)C2CCCC2)ccn1. The van der Waals surface area contributed by atoms with Crippen molar-refractivity contribution in [1.29, 1.82) is 0 Å². The molecule has 0 atom stereocenters. The highest BCUT2D eigenvalue weighted by atomic mass is 15.2. The fourth-order valence-corrected chi connectivity index (χ4v) is 3.24. The molecule has 0 spiro atoms. The molecule has 0 saturated heterocycles. The number of nitrogens with zero attached hydrogens (tertiary/aromatic N) is 2. The third kappa shape index (κ3) is 5.31. The molecule has 21 heavy (non-hydrogen) atoms. The molecule has 1 heterocycles. The molecule has 0 radical (unpaired) electrons. The molecule has 2 rings (SSSR count). The Balaban J connectivity index is 2.01. The summed E-state index contributed by atoms with van der Waals surface area (Å²) in [4.78, 5) is 7.10. The van der Waals surface area contributed by atoms with Gasteiger partial charge in [0.1, 0.15) is 5.82 Å². The van der Waals surface area contributed by atoms with Gasteiger partial charge in [0.05, 0.1) is 0 Å². The number of hydrogen-bond acceptors (Lipinski definition) is 3. The van der Waals surface area contributed by atoms with Crippen molar-refractivity contribution in [2.24, 2.45) is 5.92 Å². The van der Waals surface area contributed by atoms with Crippen LogP contribution in [0.25, 0.3) is 0 Å². The van der Waals surface area contributed by atoms with E-state index in [0.717, 1.165) is 37.3 Å². The predicted octanol–water partition coefficient (Wildman–Crippen LogP) is 4.30. The molecule has 1 N–H and O–H groups in total. The molecular weight excluding hydrogens is 258 g/mol. The van der Waals surface area contributed by atoms with Gasteiger partial charge < -0.3 is 5.32 Å². The van der Waals surface area contributed by atoms with E-state index >= 15 is 0 Å². The van der Waals surface area contributed by atoms with E-state index in [9.17, 15) is 0 Å². The van der Waals surface area contributed by atoms with Gasteiger partial charge in [-0.2, -0.15) is 0 Å². The minimum absolute atomic E-state index is 0.727. The first kappa shape index (κ1) is 16.3. The highest BCUT2D eigenvalue weighted by Gasteiger charge is 2.23. The van der Waals surface area contributed by atoms with Crippen LogP contribution in [0.4, 0.5) is 5.82 Å². The number of aromatic nitrogens is 1. The van der Waals surface area contributed by atoms with Crippen molar-refractivity contribution in [3.63, 3.8) is 0 Å². The highest BCUT2D eigenvalue weighted by Crippen LogP contribution is 2.26. The largest absolute Gasteiger partial charge is 0.370 e. The van der Waals surface area contributed by atoms with E-state index in [2.05, 4.69) is 48.1 Å². The van der Waals surface area contributed by atoms with E-state index in [4.69, 9.17) is 0 Å². The van der Waals surface area contributed by atoms with Gasteiger partial charge in [-0.25, -0.2) is 4.98 Å². The molecule has 0 unspecified atom stereocenters. The monoisotopic (exact) mass is 289 g/mol. The minimum Gasteiger partial charge on any atom is -0.370 e. The first-order chi connectivity index (χ1) is 10.2. The first-order valence-corrected chi connectivity index (χ1v) is 8.62. The topological polar surface area (TPSA) is 28.2 Å². The summed E-state index contributed by atoms with van der Waals surface area (Å²) in [5, 5.41) is 3.39. The van der Waals surface area contributed by atoms with Crippen molar-refractivity contribution in [3.8, 4) is 0 Å². The van der Waals surface area contributed by atoms with Crippen molar-refractivity contribution in [2.75, 3.05) is 18.4 Å². The third-order valence-corrected chi connectivity index (χ3v) is 4.21. The van der Waals surface area contributed by atoms with Crippen LogP contribution in [0.2, 0.25) is 0 Å². The zero-order valence-corrected chi connectivity index (χ0v) is 13.9. The van der Waals surface area contributed by atoms with Gasteiger partial charge in [-0.05, 0) is 42.9 Å². The van der Waals surface area contributed by atoms with Gasteiger partial charge in [-0.3, -0.25) is 4.90 Å². The Labute approximate surface area is 130 Å². The average molecular weight is 289 g/mol. The summed E-state index contributed by atoms with van der Waals surface area (Å²) in [7, 11) is 0. The van der Waals surface area contributed by atoms with Gasteiger partial charge in [0.2, 0.25) is 0 Å². The van der Waals surface area contributed by atoms with E-state index in [-0.39, 0.29) is 0 Å². The Bertz CT molecular complexity index is 411. The summed E-state index contributed by atoms with van der Waals surface area (Å²) in [5.74, 6) is 1.75. The normalized spacial score (nSPS) is 16.0. The lowest BCUT2D eigenvalue weighted by molar-refractivity contribution is 0.168. The van der Waals surface area contributed by atoms with E-state index < -0.39 is 0 Å². The van der Waals surface area contributed by atoms with E-state index in [1.54, 1.807) is 0 Å². The Hall–Kier alpha value is -1.09. The minimum atomic E-state index is 0.727. The van der Waals surface area contributed by atoms with Gasteiger partial charge in [0.25, 0.3) is 0 Å². The predicted molar refractivity (Wildman–Crippen MR) is 90.5 cm³/mol. The van der Waals surface area contributed by atoms with Crippen molar-refractivity contribution >= 4 is 5.82 Å². The molecule has 1 saturated carbocycles. The molecule has 1 aliphatic rings. The second kappa shape index (κ2) is 8.38. The number of hydrogen-bond donors (Lipinski definition) is 1. The summed E-state index contributed by atoms with van der Waals surface area (Å²) in [5.41, 5.74) is 1.39. The molecule has 118 valence electrons. The summed E-state index contributed by atoms with van der Waals surface area (Å²) in [6.45, 7) is 10.1. The standard InChI is InChI=1S/C18H31N3/c1-4-10-19-18-12-16(9-11-20-18)14-21(13-15(2)3)17-7-5-6-8-17/h9,11-12,15,17H,4-8,10,13-14H2,1-3H3,(H,19,20). The number of rotatable bonds is 8. The van der Waals surface area contributed by atoms with Gasteiger partial charge in [-0.1, -0.05) is 33.6 Å².